The number of benzene rings is 1. The van der Waals surface area contributed by atoms with Crippen LogP contribution in [-0.2, 0) is 9.59 Å². The third-order valence-electron chi connectivity index (χ3n) is 4.61. The van der Waals surface area contributed by atoms with Crippen LogP contribution < -0.4 is 4.90 Å². The number of carbonyl (C=O) groups is 3. The Balaban J connectivity index is 1.81. The monoisotopic (exact) mass is 445 g/mol. The highest BCUT2D eigenvalue weighted by molar-refractivity contribution is 8.01. The summed E-state index contributed by atoms with van der Waals surface area (Å²) in [6, 6.07) is 7.49. The van der Waals surface area contributed by atoms with Crippen LogP contribution in [0.25, 0.3) is 0 Å². The van der Waals surface area contributed by atoms with E-state index < -0.39 is 35.3 Å². The van der Waals surface area contributed by atoms with Crippen molar-refractivity contribution in [2.24, 2.45) is 5.92 Å². The summed E-state index contributed by atoms with van der Waals surface area (Å²) < 4.78 is 20.5. The van der Waals surface area contributed by atoms with Crippen LogP contribution in [-0.4, -0.2) is 33.4 Å². The van der Waals surface area contributed by atoms with Crippen molar-refractivity contribution >= 4 is 45.7 Å². The molecule has 1 amide bonds. The molecular formula is C20H16FN3O4S2. The van der Waals surface area contributed by atoms with Gasteiger partial charge in [0.05, 0.1) is 12.3 Å². The third kappa shape index (κ3) is 3.56. The Kier molecular flexibility index (Phi) is 5.78. The number of anilines is 1. The van der Waals surface area contributed by atoms with Crippen molar-refractivity contribution in [1.29, 1.82) is 0 Å². The molecule has 0 bridgehead atoms. The molecule has 2 unspecified atom stereocenters. The minimum Gasteiger partial charge on any atom is -0.461 e. The number of furan rings is 1. The fourth-order valence-corrected chi connectivity index (χ4v) is 5.09. The highest BCUT2D eigenvalue weighted by atomic mass is 32.2. The first kappa shape index (κ1) is 20.4. The molecule has 1 aromatic carbocycles. The lowest BCUT2D eigenvalue weighted by Gasteiger charge is -2.24. The molecule has 30 heavy (non-hydrogen) atoms. The normalized spacial score (nSPS) is 18.9. The highest BCUT2D eigenvalue weighted by Gasteiger charge is 2.54. The summed E-state index contributed by atoms with van der Waals surface area (Å²) in [5.41, 5.74) is 0.0552. The van der Waals surface area contributed by atoms with E-state index in [0.717, 1.165) is 28.4 Å². The number of carbonyl (C=O) groups excluding carboxylic acids is 3. The molecule has 154 valence electrons. The molecule has 0 radical (unpaired) electrons. The van der Waals surface area contributed by atoms with E-state index in [0.29, 0.717) is 4.34 Å². The third-order valence-corrected chi connectivity index (χ3v) is 6.87. The highest BCUT2D eigenvalue weighted by Crippen LogP contribution is 2.43. The van der Waals surface area contributed by atoms with Crippen LogP contribution >= 0.6 is 23.1 Å². The summed E-state index contributed by atoms with van der Waals surface area (Å²) in [5, 5.41) is 8.25. The van der Waals surface area contributed by atoms with Gasteiger partial charge in [-0.2, -0.15) is 0 Å². The van der Waals surface area contributed by atoms with E-state index in [2.05, 4.69) is 10.2 Å². The van der Waals surface area contributed by atoms with Crippen LogP contribution in [0.3, 0.4) is 0 Å². The molecule has 4 rings (SSSR count). The Morgan fingerprint density at radius 2 is 2.03 bits per heavy atom. The van der Waals surface area contributed by atoms with Gasteiger partial charge >= 0.3 is 0 Å². The number of ketones is 2. The molecule has 0 spiro atoms. The molecule has 10 heteroatoms. The van der Waals surface area contributed by atoms with Crippen LogP contribution in [0.4, 0.5) is 9.52 Å². The zero-order valence-corrected chi connectivity index (χ0v) is 17.4. The van der Waals surface area contributed by atoms with Gasteiger partial charge in [-0.05, 0) is 24.6 Å². The van der Waals surface area contributed by atoms with Gasteiger partial charge in [0.25, 0.3) is 5.91 Å². The van der Waals surface area contributed by atoms with Gasteiger partial charge in [-0.1, -0.05) is 48.2 Å². The molecular weight excluding hydrogens is 429 g/mol. The van der Waals surface area contributed by atoms with E-state index >= 15 is 0 Å². The summed E-state index contributed by atoms with van der Waals surface area (Å²) in [6.07, 6.45) is 2.23. The predicted molar refractivity (Wildman–Crippen MR) is 109 cm³/mol. The number of Topliss-reactive ketones (excluding diaryl/α,β-unsaturated/α-hetero) is 2. The first-order valence-corrected chi connectivity index (χ1v) is 11.0. The minimum atomic E-state index is -1.45. The maximum absolute atomic E-state index is 14.7. The number of halogens is 1. The molecule has 1 aliphatic rings. The minimum absolute atomic E-state index is 0.0552. The Labute approximate surface area is 179 Å². The molecule has 7 nitrogen and oxygen atoms in total. The summed E-state index contributed by atoms with van der Waals surface area (Å²) in [6.45, 7) is 2.02. The van der Waals surface area contributed by atoms with Gasteiger partial charge in [-0.3, -0.25) is 19.3 Å². The van der Waals surface area contributed by atoms with Gasteiger partial charge in [0.15, 0.2) is 10.1 Å². The molecule has 3 heterocycles. The molecule has 2 atom stereocenters. The van der Waals surface area contributed by atoms with E-state index in [1.165, 1.54) is 48.4 Å². The molecule has 1 saturated heterocycles. The molecule has 3 aromatic rings. The van der Waals surface area contributed by atoms with Crippen molar-refractivity contribution in [3.05, 3.63) is 59.8 Å². The average molecular weight is 445 g/mol. The molecule has 0 saturated carbocycles. The second kappa shape index (κ2) is 8.49. The van der Waals surface area contributed by atoms with Gasteiger partial charge in [0, 0.05) is 11.3 Å². The zero-order valence-electron chi connectivity index (χ0n) is 15.8. The molecule has 1 aliphatic heterocycles. The first-order valence-electron chi connectivity index (χ1n) is 9.18. The molecule has 0 N–H and O–H groups in total. The Morgan fingerprint density at radius 3 is 2.73 bits per heavy atom. The van der Waals surface area contributed by atoms with E-state index in [9.17, 15) is 18.8 Å². The number of amides is 1. The lowest BCUT2D eigenvalue weighted by molar-refractivity contribution is -0.135. The van der Waals surface area contributed by atoms with E-state index in [4.69, 9.17) is 4.42 Å². The SMILES string of the molecule is CCCSc1nnc(N2C(=O)C(=O)C(C(=O)c3ccco3)C2c2ccccc2F)s1. The molecule has 0 aliphatic carbocycles. The zero-order chi connectivity index (χ0) is 21.3. The second-order valence-electron chi connectivity index (χ2n) is 6.52. The van der Waals surface area contributed by atoms with Crippen molar-refractivity contribution in [1.82, 2.24) is 10.2 Å². The Morgan fingerprint density at radius 1 is 1.23 bits per heavy atom. The van der Waals surface area contributed by atoms with Crippen LogP contribution in [0.1, 0.15) is 35.5 Å². The number of nitrogens with zero attached hydrogens (tertiary/aromatic N) is 3. The topological polar surface area (TPSA) is 93.4 Å². The van der Waals surface area contributed by atoms with Gasteiger partial charge in [-0.15, -0.1) is 10.2 Å². The second-order valence-corrected chi connectivity index (χ2v) is 8.82. The lowest BCUT2D eigenvalue weighted by Crippen LogP contribution is -2.31. The van der Waals surface area contributed by atoms with Gasteiger partial charge < -0.3 is 4.42 Å². The van der Waals surface area contributed by atoms with Gasteiger partial charge in [0.2, 0.25) is 16.7 Å². The average Bonchev–Trinajstić information content (AvgIpc) is 3.48. The maximum atomic E-state index is 14.7. The largest absolute Gasteiger partial charge is 0.461 e. The van der Waals surface area contributed by atoms with Crippen molar-refractivity contribution < 1.29 is 23.2 Å². The summed E-state index contributed by atoms with van der Waals surface area (Å²) in [4.78, 5) is 39.9. The van der Waals surface area contributed by atoms with Gasteiger partial charge in [0.1, 0.15) is 11.7 Å². The fraction of sp³-hybridized carbons (Fsp3) is 0.250. The predicted octanol–water partition coefficient (Wildman–Crippen LogP) is 3.93. The van der Waals surface area contributed by atoms with E-state index in [1.807, 2.05) is 6.92 Å². The quantitative estimate of drug-likeness (QED) is 0.179. The van der Waals surface area contributed by atoms with Crippen molar-refractivity contribution in [3.8, 4) is 0 Å². The summed E-state index contributed by atoms with van der Waals surface area (Å²) in [5.74, 6) is -3.86. The molecule has 2 aromatic heterocycles. The Hall–Kier alpha value is -2.85. The van der Waals surface area contributed by atoms with Crippen molar-refractivity contribution in [2.45, 2.75) is 23.7 Å². The van der Waals surface area contributed by atoms with Crippen LogP contribution in [0.2, 0.25) is 0 Å². The maximum Gasteiger partial charge on any atom is 0.297 e. The van der Waals surface area contributed by atoms with Crippen molar-refractivity contribution in [2.75, 3.05) is 10.7 Å². The summed E-state index contributed by atoms with van der Waals surface area (Å²) in [7, 11) is 0. The van der Waals surface area contributed by atoms with Crippen molar-refractivity contribution in [3.63, 3.8) is 0 Å². The van der Waals surface area contributed by atoms with E-state index in [-0.39, 0.29) is 16.5 Å². The number of hydrogen-bond acceptors (Lipinski definition) is 8. The van der Waals surface area contributed by atoms with Crippen LogP contribution in [0, 0.1) is 11.7 Å². The standard InChI is InChI=1S/C20H16FN3O4S2/c1-2-10-29-20-23-22-19(30-20)24-15(11-6-3-4-7-12(11)21)14(17(26)18(24)27)16(25)13-8-5-9-28-13/h3-9,14-15H,2,10H2,1H3. The smallest absolute Gasteiger partial charge is 0.297 e. The summed E-state index contributed by atoms with van der Waals surface area (Å²) >= 11 is 2.60. The number of rotatable bonds is 7. The number of hydrogen-bond donors (Lipinski definition) is 0. The van der Waals surface area contributed by atoms with Gasteiger partial charge in [-0.25, -0.2) is 4.39 Å². The lowest BCUT2D eigenvalue weighted by atomic mass is 9.88. The Bertz CT molecular complexity index is 1100. The first-order chi connectivity index (χ1) is 14.5. The van der Waals surface area contributed by atoms with Crippen LogP contribution in [0.5, 0.6) is 0 Å². The molecule has 1 fully saturated rings. The number of aromatic nitrogens is 2. The number of thioether (sulfide) groups is 1. The fourth-order valence-electron chi connectivity index (χ4n) is 3.29. The van der Waals surface area contributed by atoms with E-state index in [1.54, 1.807) is 6.07 Å². The van der Waals surface area contributed by atoms with Crippen LogP contribution in [0.15, 0.2) is 51.4 Å².